The van der Waals surface area contributed by atoms with Crippen molar-refractivity contribution in [2.24, 2.45) is 0 Å². The van der Waals surface area contributed by atoms with Crippen LogP contribution in [-0.4, -0.2) is 15.2 Å². The zero-order valence-electron chi connectivity index (χ0n) is 10.1. The predicted octanol–water partition coefficient (Wildman–Crippen LogP) is 3.34. The normalized spacial score (nSPS) is 10.2. The van der Waals surface area contributed by atoms with Gasteiger partial charge in [-0.3, -0.25) is 4.98 Å². The van der Waals surface area contributed by atoms with Gasteiger partial charge in [0.15, 0.2) is 5.75 Å². The standard InChI is InChI=1S/C14H7ClN4O/c15-11-3-4-12(13-10(11)2-1-6-17-13)20-14-9(8-16)5-7-18-19-14/h1-7H. The van der Waals surface area contributed by atoms with Crippen molar-refractivity contribution in [1.29, 1.82) is 5.26 Å². The van der Waals surface area contributed by atoms with Crippen LogP contribution in [0.15, 0.2) is 42.7 Å². The van der Waals surface area contributed by atoms with Crippen LogP contribution in [0, 0.1) is 11.3 Å². The molecule has 3 aromatic rings. The smallest absolute Gasteiger partial charge is 0.257 e. The largest absolute Gasteiger partial charge is 0.434 e. The summed E-state index contributed by atoms with van der Waals surface area (Å²) in [5.41, 5.74) is 0.911. The first-order chi connectivity index (χ1) is 9.79. The Morgan fingerprint density at radius 3 is 2.90 bits per heavy atom. The van der Waals surface area contributed by atoms with Gasteiger partial charge in [-0.1, -0.05) is 11.6 Å². The molecule has 6 heteroatoms. The molecule has 0 saturated heterocycles. The van der Waals surface area contributed by atoms with E-state index in [4.69, 9.17) is 21.6 Å². The summed E-state index contributed by atoms with van der Waals surface area (Å²) >= 11 is 6.11. The van der Waals surface area contributed by atoms with Gasteiger partial charge in [-0.05, 0) is 30.3 Å². The van der Waals surface area contributed by atoms with E-state index in [1.54, 1.807) is 24.4 Å². The fraction of sp³-hybridized carbons (Fsp3) is 0. The summed E-state index contributed by atoms with van der Waals surface area (Å²) in [7, 11) is 0. The molecule has 0 aliphatic rings. The Hall–Kier alpha value is -2.71. The van der Waals surface area contributed by atoms with E-state index >= 15 is 0 Å². The third-order valence-electron chi connectivity index (χ3n) is 2.69. The van der Waals surface area contributed by atoms with Crippen molar-refractivity contribution in [3.63, 3.8) is 0 Å². The Kier molecular flexibility index (Phi) is 3.15. The molecule has 0 amide bonds. The lowest BCUT2D eigenvalue weighted by Crippen LogP contribution is -1.95. The van der Waals surface area contributed by atoms with Gasteiger partial charge in [0.2, 0.25) is 0 Å². The number of aromatic nitrogens is 3. The zero-order chi connectivity index (χ0) is 13.9. The quantitative estimate of drug-likeness (QED) is 0.721. The maximum atomic E-state index is 9.02. The summed E-state index contributed by atoms with van der Waals surface area (Å²) in [5, 5.41) is 17.9. The molecule has 5 nitrogen and oxygen atoms in total. The van der Waals surface area contributed by atoms with Crippen LogP contribution in [0.25, 0.3) is 10.9 Å². The fourth-order valence-electron chi connectivity index (χ4n) is 1.78. The SMILES string of the molecule is N#Cc1ccnnc1Oc1ccc(Cl)c2cccnc12. The van der Waals surface area contributed by atoms with E-state index in [0.29, 0.717) is 21.9 Å². The van der Waals surface area contributed by atoms with Crippen LogP contribution >= 0.6 is 11.6 Å². The molecule has 2 aromatic heterocycles. The number of fused-ring (bicyclic) bond motifs is 1. The van der Waals surface area contributed by atoms with Gasteiger partial charge in [0.05, 0.1) is 11.2 Å². The molecule has 0 spiro atoms. The minimum atomic E-state index is 0.143. The first-order valence-electron chi connectivity index (χ1n) is 5.72. The predicted molar refractivity (Wildman–Crippen MR) is 73.6 cm³/mol. The van der Waals surface area contributed by atoms with Gasteiger partial charge >= 0.3 is 0 Å². The number of rotatable bonds is 2. The third-order valence-corrected chi connectivity index (χ3v) is 3.02. The molecule has 0 unspecified atom stereocenters. The summed E-state index contributed by atoms with van der Waals surface area (Å²) in [4.78, 5) is 4.25. The number of hydrogen-bond acceptors (Lipinski definition) is 5. The fourth-order valence-corrected chi connectivity index (χ4v) is 1.99. The highest BCUT2D eigenvalue weighted by Crippen LogP contribution is 2.32. The Morgan fingerprint density at radius 1 is 1.15 bits per heavy atom. The zero-order valence-corrected chi connectivity index (χ0v) is 10.9. The Balaban J connectivity index is 2.12. The molecule has 0 saturated carbocycles. The Bertz CT molecular complexity index is 829. The highest BCUT2D eigenvalue weighted by Gasteiger charge is 2.11. The molecule has 0 N–H and O–H groups in total. The summed E-state index contributed by atoms with van der Waals surface area (Å²) in [6.07, 6.45) is 3.08. The first-order valence-corrected chi connectivity index (χ1v) is 6.10. The van der Waals surface area contributed by atoms with Crippen LogP contribution in [0.1, 0.15) is 5.56 Å². The maximum Gasteiger partial charge on any atom is 0.257 e. The highest BCUT2D eigenvalue weighted by atomic mass is 35.5. The van der Waals surface area contributed by atoms with Crippen molar-refractivity contribution in [2.45, 2.75) is 0 Å². The van der Waals surface area contributed by atoms with Gasteiger partial charge in [0.25, 0.3) is 5.88 Å². The van der Waals surface area contributed by atoms with Crippen molar-refractivity contribution >= 4 is 22.5 Å². The highest BCUT2D eigenvalue weighted by molar-refractivity contribution is 6.35. The van der Waals surface area contributed by atoms with E-state index in [1.807, 2.05) is 12.1 Å². The van der Waals surface area contributed by atoms with Crippen LogP contribution in [-0.2, 0) is 0 Å². The minimum Gasteiger partial charge on any atom is -0.434 e. The molecule has 0 atom stereocenters. The minimum absolute atomic E-state index is 0.143. The Morgan fingerprint density at radius 2 is 2.05 bits per heavy atom. The molecule has 0 aliphatic heterocycles. The number of pyridine rings is 1. The van der Waals surface area contributed by atoms with Crippen LogP contribution in [0.5, 0.6) is 11.6 Å². The van der Waals surface area contributed by atoms with Crippen molar-refractivity contribution < 1.29 is 4.74 Å². The Labute approximate surface area is 119 Å². The van der Waals surface area contributed by atoms with Gasteiger partial charge in [-0.2, -0.15) is 10.4 Å². The molecular formula is C14H7ClN4O. The first kappa shape index (κ1) is 12.3. The van der Waals surface area contributed by atoms with E-state index in [2.05, 4.69) is 15.2 Å². The number of halogens is 1. The van der Waals surface area contributed by atoms with E-state index < -0.39 is 0 Å². The van der Waals surface area contributed by atoms with Crippen LogP contribution < -0.4 is 4.74 Å². The summed E-state index contributed by atoms with van der Waals surface area (Å²) in [6.45, 7) is 0. The van der Waals surface area contributed by atoms with Crippen LogP contribution in [0.4, 0.5) is 0 Å². The molecule has 2 heterocycles. The van der Waals surface area contributed by atoms with Crippen molar-refractivity contribution in [1.82, 2.24) is 15.2 Å². The molecule has 0 aliphatic carbocycles. The molecular weight excluding hydrogens is 276 g/mol. The molecule has 96 valence electrons. The van der Waals surface area contributed by atoms with Gasteiger partial charge in [0, 0.05) is 11.6 Å². The van der Waals surface area contributed by atoms with Gasteiger partial charge in [-0.25, -0.2) is 0 Å². The number of nitrogens with zero attached hydrogens (tertiary/aromatic N) is 4. The second-order valence-corrected chi connectivity index (χ2v) is 4.32. The number of hydrogen-bond donors (Lipinski definition) is 0. The summed E-state index contributed by atoms with van der Waals surface area (Å²) < 4.78 is 5.65. The number of ether oxygens (including phenoxy) is 1. The molecule has 0 radical (unpaired) electrons. The lowest BCUT2D eigenvalue weighted by molar-refractivity contribution is 0.457. The van der Waals surface area contributed by atoms with Crippen molar-refractivity contribution in [2.75, 3.05) is 0 Å². The third kappa shape index (κ3) is 2.13. The molecule has 0 bridgehead atoms. The van der Waals surface area contributed by atoms with Crippen molar-refractivity contribution in [3.05, 3.63) is 53.3 Å². The molecule has 3 rings (SSSR count). The second kappa shape index (κ2) is 5.11. The average molecular weight is 283 g/mol. The lowest BCUT2D eigenvalue weighted by atomic mass is 10.2. The van der Waals surface area contributed by atoms with E-state index in [9.17, 15) is 0 Å². The van der Waals surface area contributed by atoms with E-state index in [-0.39, 0.29) is 5.88 Å². The van der Waals surface area contributed by atoms with Gasteiger partial charge < -0.3 is 4.74 Å². The number of nitriles is 1. The lowest BCUT2D eigenvalue weighted by Gasteiger charge is -2.08. The second-order valence-electron chi connectivity index (χ2n) is 3.91. The van der Waals surface area contributed by atoms with Gasteiger partial charge in [-0.15, -0.1) is 5.10 Å². The van der Waals surface area contributed by atoms with Crippen LogP contribution in [0.2, 0.25) is 5.02 Å². The molecule has 0 fully saturated rings. The van der Waals surface area contributed by atoms with Crippen molar-refractivity contribution in [3.8, 4) is 17.7 Å². The average Bonchev–Trinajstić information content (AvgIpc) is 2.51. The van der Waals surface area contributed by atoms with E-state index in [0.717, 1.165) is 5.39 Å². The maximum absolute atomic E-state index is 9.02. The summed E-state index contributed by atoms with van der Waals surface area (Å²) in [5.74, 6) is 0.617. The van der Waals surface area contributed by atoms with Gasteiger partial charge in [0.1, 0.15) is 17.1 Å². The van der Waals surface area contributed by atoms with Crippen LogP contribution in [0.3, 0.4) is 0 Å². The molecule has 20 heavy (non-hydrogen) atoms. The van der Waals surface area contributed by atoms with E-state index in [1.165, 1.54) is 12.3 Å². The molecule has 1 aromatic carbocycles. The topological polar surface area (TPSA) is 71.7 Å². The number of benzene rings is 1. The summed E-state index contributed by atoms with van der Waals surface area (Å²) in [6, 6.07) is 10.6. The monoisotopic (exact) mass is 282 g/mol.